The SMILES string of the molecule is NC(=O)C=Cc1cn[nH]c1C(F)(F)F. The smallest absolute Gasteiger partial charge is 0.366 e. The maximum atomic E-state index is 12.2. The molecule has 1 rings (SSSR count). The van der Waals surface area contributed by atoms with Crippen molar-refractivity contribution in [3.05, 3.63) is 23.5 Å². The molecule has 0 bridgehead atoms. The largest absolute Gasteiger partial charge is 0.433 e. The van der Waals surface area contributed by atoms with Gasteiger partial charge in [0.05, 0.1) is 6.20 Å². The van der Waals surface area contributed by atoms with E-state index < -0.39 is 17.8 Å². The minimum absolute atomic E-state index is 0.226. The fraction of sp³-hybridized carbons (Fsp3) is 0.143. The molecule has 0 radical (unpaired) electrons. The fourth-order valence-corrected chi connectivity index (χ4v) is 0.821. The van der Waals surface area contributed by atoms with Crippen LogP contribution in [0.1, 0.15) is 11.3 Å². The van der Waals surface area contributed by atoms with Crippen molar-refractivity contribution in [1.29, 1.82) is 0 Å². The summed E-state index contributed by atoms with van der Waals surface area (Å²) >= 11 is 0. The molecule has 0 aliphatic heterocycles. The fourth-order valence-electron chi connectivity index (χ4n) is 0.821. The minimum Gasteiger partial charge on any atom is -0.366 e. The quantitative estimate of drug-likeness (QED) is 0.705. The number of H-pyrrole nitrogens is 1. The van der Waals surface area contributed by atoms with Crippen molar-refractivity contribution in [2.75, 3.05) is 0 Å². The molecule has 0 aromatic carbocycles. The van der Waals surface area contributed by atoms with Crippen LogP contribution in [0.4, 0.5) is 13.2 Å². The van der Waals surface area contributed by atoms with Gasteiger partial charge in [-0.25, -0.2) is 0 Å². The van der Waals surface area contributed by atoms with Crippen LogP contribution in [-0.2, 0) is 11.0 Å². The van der Waals surface area contributed by atoms with Gasteiger partial charge in [-0.2, -0.15) is 18.3 Å². The third kappa shape index (κ3) is 2.35. The number of primary amides is 1. The van der Waals surface area contributed by atoms with Gasteiger partial charge in [-0.15, -0.1) is 0 Å². The van der Waals surface area contributed by atoms with E-state index in [2.05, 4.69) is 5.10 Å². The summed E-state index contributed by atoms with van der Waals surface area (Å²) in [6, 6.07) is 0. The average Bonchev–Trinajstić information content (AvgIpc) is 2.46. The molecule has 0 unspecified atom stereocenters. The lowest BCUT2D eigenvalue weighted by Crippen LogP contribution is -2.08. The first-order chi connectivity index (χ1) is 6.41. The van der Waals surface area contributed by atoms with Crippen molar-refractivity contribution in [3.63, 3.8) is 0 Å². The van der Waals surface area contributed by atoms with Gasteiger partial charge in [-0.1, -0.05) is 0 Å². The Balaban J connectivity index is 3.00. The number of alkyl halides is 3. The van der Waals surface area contributed by atoms with Crippen LogP contribution in [0.2, 0.25) is 0 Å². The summed E-state index contributed by atoms with van der Waals surface area (Å²) in [5.41, 5.74) is 3.50. The first-order valence-corrected chi connectivity index (χ1v) is 3.49. The Kier molecular flexibility index (Phi) is 2.59. The standard InChI is InChI=1S/C7H6F3N3O/c8-7(9,10)6-4(3-12-13-6)1-2-5(11)14/h1-3H,(H2,11,14)(H,12,13). The highest BCUT2D eigenvalue weighted by molar-refractivity contribution is 5.90. The molecule has 1 aromatic rings. The average molecular weight is 205 g/mol. The topological polar surface area (TPSA) is 71.8 Å². The van der Waals surface area contributed by atoms with Gasteiger partial charge in [0.25, 0.3) is 0 Å². The number of aromatic nitrogens is 2. The number of nitrogens with two attached hydrogens (primary N) is 1. The van der Waals surface area contributed by atoms with Gasteiger partial charge in [0.15, 0.2) is 0 Å². The molecule has 0 spiro atoms. The number of carbonyl (C=O) groups is 1. The highest BCUT2D eigenvalue weighted by Gasteiger charge is 2.34. The Morgan fingerprint density at radius 3 is 2.71 bits per heavy atom. The number of carbonyl (C=O) groups excluding carboxylic acids is 1. The summed E-state index contributed by atoms with van der Waals surface area (Å²) in [6.07, 6.45) is -1.77. The molecule has 7 heteroatoms. The normalized spacial score (nSPS) is 12.2. The predicted octanol–water partition coefficient (Wildman–Crippen LogP) is 0.927. The van der Waals surface area contributed by atoms with Crippen molar-refractivity contribution in [2.24, 2.45) is 5.73 Å². The molecule has 3 N–H and O–H groups in total. The van der Waals surface area contributed by atoms with Crippen LogP contribution in [-0.4, -0.2) is 16.1 Å². The maximum absolute atomic E-state index is 12.2. The zero-order valence-corrected chi connectivity index (χ0v) is 6.80. The number of rotatable bonds is 2. The summed E-state index contributed by atoms with van der Waals surface area (Å²) in [7, 11) is 0. The minimum atomic E-state index is -4.52. The van der Waals surface area contributed by atoms with Gasteiger partial charge >= 0.3 is 6.18 Å². The second-order valence-corrected chi connectivity index (χ2v) is 2.43. The number of aromatic amines is 1. The zero-order chi connectivity index (χ0) is 10.8. The molecule has 1 amide bonds. The van der Waals surface area contributed by atoms with Crippen molar-refractivity contribution in [3.8, 4) is 0 Å². The molecule has 4 nitrogen and oxygen atoms in total. The highest BCUT2D eigenvalue weighted by Crippen LogP contribution is 2.30. The third-order valence-electron chi connectivity index (χ3n) is 1.38. The van der Waals surface area contributed by atoms with Gasteiger partial charge < -0.3 is 5.73 Å². The Morgan fingerprint density at radius 1 is 1.57 bits per heavy atom. The second-order valence-electron chi connectivity index (χ2n) is 2.43. The molecule has 0 saturated heterocycles. The molecule has 76 valence electrons. The van der Waals surface area contributed by atoms with Gasteiger partial charge in [-0.3, -0.25) is 9.89 Å². The summed E-state index contributed by atoms with van der Waals surface area (Å²) in [4.78, 5) is 10.3. The van der Waals surface area contributed by atoms with E-state index >= 15 is 0 Å². The van der Waals surface area contributed by atoms with Gasteiger partial charge in [0.1, 0.15) is 5.69 Å². The van der Waals surface area contributed by atoms with Crippen LogP contribution in [0.5, 0.6) is 0 Å². The molecule has 1 heterocycles. The van der Waals surface area contributed by atoms with Crippen molar-refractivity contribution < 1.29 is 18.0 Å². The van der Waals surface area contributed by atoms with E-state index in [4.69, 9.17) is 5.73 Å². The van der Waals surface area contributed by atoms with Crippen LogP contribution < -0.4 is 5.73 Å². The molecule has 0 aliphatic rings. The molecule has 1 aromatic heterocycles. The van der Waals surface area contributed by atoms with Gasteiger partial charge in [0, 0.05) is 11.6 Å². The predicted molar refractivity (Wildman–Crippen MR) is 41.8 cm³/mol. The van der Waals surface area contributed by atoms with E-state index in [0.717, 1.165) is 18.3 Å². The molecular formula is C7H6F3N3O. The number of nitrogens with one attached hydrogen (secondary N) is 1. The number of halogens is 3. The van der Waals surface area contributed by atoms with Gasteiger partial charge in [0.2, 0.25) is 5.91 Å². The summed E-state index contributed by atoms with van der Waals surface area (Å²) in [6.45, 7) is 0. The molecule has 0 aliphatic carbocycles. The first kappa shape index (κ1) is 10.3. The Bertz CT molecular complexity index is 367. The van der Waals surface area contributed by atoms with Crippen LogP contribution in [0.15, 0.2) is 12.3 Å². The van der Waals surface area contributed by atoms with Crippen LogP contribution in [0.3, 0.4) is 0 Å². The lowest BCUT2D eigenvalue weighted by molar-refractivity contribution is -0.141. The van der Waals surface area contributed by atoms with E-state index in [1.165, 1.54) is 0 Å². The molecule has 0 saturated carbocycles. The van der Waals surface area contributed by atoms with Crippen LogP contribution in [0.25, 0.3) is 6.08 Å². The van der Waals surface area contributed by atoms with E-state index in [1.54, 1.807) is 5.10 Å². The zero-order valence-electron chi connectivity index (χ0n) is 6.80. The number of hydrogen-bond acceptors (Lipinski definition) is 2. The Morgan fingerprint density at radius 2 is 2.21 bits per heavy atom. The lowest BCUT2D eigenvalue weighted by Gasteiger charge is -2.03. The number of hydrogen-bond donors (Lipinski definition) is 2. The second kappa shape index (κ2) is 3.52. The van der Waals surface area contributed by atoms with Crippen molar-refractivity contribution >= 4 is 12.0 Å². The van der Waals surface area contributed by atoms with Crippen molar-refractivity contribution in [2.45, 2.75) is 6.18 Å². The monoisotopic (exact) mass is 205 g/mol. The first-order valence-electron chi connectivity index (χ1n) is 3.49. The van der Waals surface area contributed by atoms with Gasteiger partial charge in [-0.05, 0) is 6.08 Å². The molecule has 14 heavy (non-hydrogen) atoms. The van der Waals surface area contributed by atoms with Crippen LogP contribution >= 0.6 is 0 Å². The number of amides is 1. The summed E-state index contributed by atoms with van der Waals surface area (Å²) < 4.78 is 36.6. The summed E-state index contributed by atoms with van der Waals surface area (Å²) in [5.74, 6) is -0.820. The van der Waals surface area contributed by atoms with E-state index in [1.807, 2.05) is 0 Å². The Hall–Kier alpha value is -1.79. The lowest BCUT2D eigenvalue weighted by atomic mass is 10.2. The van der Waals surface area contributed by atoms with E-state index in [0.29, 0.717) is 0 Å². The third-order valence-corrected chi connectivity index (χ3v) is 1.38. The van der Waals surface area contributed by atoms with E-state index in [-0.39, 0.29) is 5.56 Å². The maximum Gasteiger partial charge on any atom is 0.433 e. The number of nitrogens with zero attached hydrogens (tertiary/aromatic N) is 1. The molecule has 0 atom stereocenters. The van der Waals surface area contributed by atoms with Crippen molar-refractivity contribution in [1.82, 2.24) is 10.2 Å². The van der Waals surface area contributed by atoms with Crippen LogP contribution in [0, 0.1) is 0 Å². The molecular weight excluding hydrogens is 199 g/mol. The summed E-state index contributed by atoms with van der Waals surface area (Å²) in [5, 5.41) is 5.01. The highest BCUT2D eigenvalue weighted by atomic mass is 19.4. The molecule has 0 fully saturated rings. The van der Waals surface area contributed by atoms with E-state index in [9.17, 15) is 18.0 Å². The Labute approximate surface area is 76.6 Å².